The molecule has 0 aliphatic carbocycles. The van der Waals surface area contributed by atoms with Crippen molar-refractivity contribution in [1.82, 2.24) is 16.0 Å². The Hall–Kier alpha value is -3.32. The van der Waals surface area contributed by atoms with E-state index in [-0.39, 0.29) is 25.0 Å². The van der Waals surface area contributed by atoms with Gasteiger partial charge in [0.25, 0.3) is 0 Å². The number of nitrogens with one attached hydrogen (secondary N) is 3. The fourth-order valence-corrected chi connectivity index (χ4v) is 3.99. The first-order valence-corrected chi connectivity index (χ1v) is 13.7. The minimum absolute atomic E-state index is 0.0158. The summed E-state index contributed by atoms with van der Waals surface area (Å²) in [6.07, 6.45) is 2.34. The van der Waals surface area contributed by atoms with Gasteiger partial charge in [-0.1, -0.05) is 32.4 Å². The number of phenolic OH excluding ortho intramolecular Hbond substituents is 1. The number of rotatable bonds is 17. The Labute approximate surface area is 226 Å². The molecular formula is C25H39N5O7S. The molecular weight excluding hydrogens is 514 g/mol. The lowest BCUT2D eigenvalue weighted by molar-refractivity contribution is -0.144. The van der Waals surface area contributed by atoms with Gasteiger partial charge < -0.3 is 37.6 Å². The van der Waals surface area contributed by atoms with E-state index in [0.29, 0.717) is 24.2 Å². The second kappa shape index (κ2) is 16.5. The minimum atomic E-state index is -1.29. The van der Waals surface area contributed by atoms with Crippen LogP contribution in [-0.4, -0.2) is 76.0 Å². The molecule has 0 aromatic heterocycles. The van der Waals surface area contributed by atoms with Gasteiger partial charge in [0.2, 0.25) is 23.6 Å². The molecule has 1 aromatic carbocycles. The number of hydrogen-bond acceptors (Lipinski definition) is 8. The number of carboxylic acid groups (broad SMARTS) is 1. The Morgan fingerprint density at radius 2 is 1.53 bits per heavy atom. The van der Waals surface area contributed by atoms with Gasteiger partial charge in [-0.2, -0.15) is 11.8 Å². The minimum Gasteiger partial charge on any atom is -0.508 e. The molecule has 9 N–H and O–H groups in total. The van der Waals surface area contributed by atoms with Gasteiger partial charge in [-0.15, -0.1) is 0 Å². The summed E-state index contributed by atoms with van der Waals surface area (Å²) in [7, 11) is 0. The summed E-state index contributed by atoms with van der Waals surface area (Å²) in [4.78, 5) is 62.1. The molecule has 0 heterocycles. The summed E-state index contributed by atoms with van der Waals surface area (Å²) in [5.74, 6) is -3.75. The number of amides is 4. The summed E-state index contributed by atoms with van der Waals surface area (Å²) in [6.45, 7) is 3.44. The molecule has 5 atom stereocenters. The number of thioether (sulfide) groups is 1. The van der Waals surface area contributed by atoms with Crippen molar-refractivity contribution in [2.24, 2.45) is 17.4 Å². The molecule has 0 bridgehead atoms. The first kappa shape index (κ1) is 32.7. The van der Waals surface area contributed by atoms with Crippen LogP contribution >= 0.6 is 11.8 Å². The number of carbonyl (C=O) groups is 5. The van der Waals surface area contributed by atoms with Crippen LogP contribution in [0.3, 0.4) is 0 Å². The Balaban J connectivity index is 3.17. The Bertz CT molecular complexity index is 960. The summed E-state index contributed by atoms with van der Waals surface area (Å²) < 4.78 is 0. The van der Waals surface area contributed by atoms with Crippen molar-refractivity contribution in [2.45, 2.75) is 70.1 Å². The van der Waals surface area contributed by atoms with E-state index in [0.717, 1.165) is 0 Å². The normalized spacial score (nSPS) is 14.8. The van der Waals surface area contributed by atoms with Crippen molar-refractivity contribution >= 4 is 41.4 Å². The van der Waals surface area contributed by atoms with Gasteiger partial charge >= 0.3 is 5.97 Å². The van der Waals surface area contributed by atoms with Crippen molar-refractivity contribution in [3.63, 3.8) is 0 Å². The number of aromatic hydroxyl groups is 1. The van der Waals surface area contributed by atoms with E-state index in [9.17, 15) is 34.2 Å². The molecule has 5 unspecified atom stereocenters. The zero-order chi connectivity index (χ0) is 28.8. The molecule has 0 spiro atoms. The summed E-state index contributed by atoms with van der Waals surface area (Å²) >= 11 is 1.52. The maximum atomic E-state index is 13.3. The second-order valence-corrected chi connectivity index (χ2v) is 10.1. The lowest BCUT2D eigenvalue weighted by Crippen LogP contribution is -2.58. The zero-order valence-corrected chi connectivity index (χ0v) is 22.8. The van der Waals surface area contributed by atoms with Crippen molar-refractivity contribution < 1.29 is 34.2 Å². The zero-order valence-electron chi connectivity index (χ0n) is 21.9. The average molecular weight is 554 g/mol. The van der Waals surface area contributed by atoms with E-state index in [2.05, 4.69) is 16.0 Å². The molecule has 1 rings (SSSR count). The predicted octanol–water partition coefficient (Wildman–Crippen LogP) is -0.134. The molecule has 0 fully saturated rings. The number of phenols is 1. The highest BCUT2D eigenvalue weighted by Gasteiger charge is 2.32. The number of nitrogens with two attached hydrogens (primary N) is 2. The monoisotopic (exact) mass is 553 g/mol. The van der Waals surface area contributed by atoms with E-state index in [4.69, 9.17) is 11.5 Å². The molecule has 4 amide bonds. The molecule has 38 heavy (non-hydrogen) atoms. The predicted molar refractivity (Wildman–Crippen MR) is 144 cm³/mol. The summed E-state index contributed by atoms with van der Waals surface area (Å²) in [5, 5.41) is 26.7. The Morgan fingerprint density at radius 3 is 2.05 bits per heavy atom. The van der Waals surface area contributed by atoms with Crippen LogP contribution < -0.4 is 27.4 Å². The highest BCUT2D eigenvalue weighted by molar-refractivity contribution is 7.98. The number of carboxylic acids is 1. The second-order valence-electron chi connectivity index (χ2n) is 9.10. The van der Waals surface area contributed by atoms with Crippen molar-refractivity contribution in [3.8, 4) is 5.75 Å². The van der Waals surface area contributed by atoms with E-state index in [1.165, 1.54) is 23.9 Å². The van der Waals surface area contributed by atoms with Crippen LogP contribution in [-0.2, 0) is 30.4 Å². The fourth-order valence-electron chi connectivity index (χ4n) is 3.50. The van der Waals surface area contributed by atoms with E-state index < -0.39 is 59.7 Å². The van der Waals surface area contributed by atoms with Crippen LogP contribution in [0.2, 0.25) is 0 Å². The number of carbonyl (C=O) groups excluding carboxylic acids is 4. The largest absolute Gasteiger partial charge is 0.508 e. The maximum absolute atomic E-state index is 13.3. The van der Waals surface area contributed by atoms with Crippen molar-refractivity contribution in [1.29, 1.82) is 0 Å². The molecule has 13 heteroatoms. The fraction of sp³-hybridized carbons (Fsp3) is 0.560. The maximum Gasteiger partial charge on any atom is 0.326 e. The molecule has 0 saturated heterocycles. The molecule has 212 valence electrons. The van der Waals surface area contributed by atoms with Crippen LogP contribution in [0.1, 0.15) is 45.1 Å². The highest BCUT2D eigenvalue weighted by Crippen LogP contribution is 2.13. The third-order valence-electron chi connectivity index (χ3n) is 6.07. The molecule has 1 aromatic rings. The van der Waals surface area contributed by atoms with E-state index in [1.807, 2.05) is 6.26 Å². The number of aliphatic carboxylic acids is 1. The first-order chi connectivity index (χ1) is 17.9. The average Bonchev–Trinajstić information content (AvgIpc) is 2.87. The smallest absolute Gasteiger partial charge is 0.326 e. The molecule has 0 aliphatic rings. The Morgan fingerprint density at radius 1 is 0.947 bits per heavy atom. The van der Waals surface area contributed by atoms with Crippen molar-refractivity contribution in [2.75, 3.05) is 12.0 Å². The number of benzene rings is 1. The third-order valence-corrected chi connectivity index (χ3v) is 6.71. The van der Waals surface area contributed by atoms with Gasteiger partial charge in [0.15, 0.2) is 0 Å². The van der Waals surface area contributed by atoms with Crippen LogP contribution in [0.4, 0.5) is 0 Å². The lowest BCUT2D eigenvalue weighted by Gasteiger charge is -2.26. The van der Waals surface area contributed by atoms with Gasteiger partial charge in [-0.3, -0.25) is 19.2 Å². The van der Waals surface area contributed by atoms with Gasteiger partial charge in [0, 0.05) is 12.8 Å². The first-order valence-electron chi connectivity index (χ1n) is 12.3. The number of hydrogen-bond donors (Lipinski definition) is 7. The molecule has 0 aliphatic heterocycles. The summed E-state index contributed by atoms with van der Waals surface area (Å²) in [5.41, 5.74) is 11.8. The lowest BCUT2D eigenvalue weighted by atomic mass is 9.98. The van der Waals surface area contributed by atoms with Gasteiger partial charge in [-0.05, 0) is 48.5 Å². The van der Waals surface area contributed by atoms with Crippen LogP contribution in [0.5, 0.6) is 5.75 Å². The third kappa shape index (κ3) is 11.4. The van der Waals surface area contributed by atoms with Gasteiger partial charge in [-0.25, -0.2) is 4.79 Å². The molecule has 12 nitrogen and oxygen atoms in total. The van der Waals surface area contributed by atoms with Gasteiger partial charge in [0.1, 0.15) is 23.9 Å². The number of primary amides is 1. The Kier molecular flexibility index (Phi) is 14.2. The quantitative estimate of drug-likeness (QED) is 0.137. The van der Waals surface area contributed by atoms with Crippen LogP contribution in [0.25, 0.3) is 0 Å². The summed E-state index contributed by atoms with van der Waals surface area (Å²) in [6, 6.07) is 1.51. The SMILES string of the molecule is CCC(C)C(NC(=O)C(CCC(N)=O)NC(=O)C(Cc1ccc(O)cc1)NC(=O)C(N)CCSC)C(=O)O. The van der Waals surface area contributed by atoms with E-state index in [1.54, 1.807) is 26.0 Å². The standard InChI is InChI=1S/C25H39N5O7S/c1-4-14(2)21(25(36)37)30-23(34)18(9-10-20(27)32)28-24(35)19(13-15-5-7-16(31)8-6-15)29-22(33)17(26)11-12-38-3/h5-8,14,17-19,21,31H,4,9-13,26H2,1-3H3,(H2,27,32)(H,28,35)(H,29,33)(H,30,34)(H,36,37). The van der Waals surface area contributed by atoms with Crippen molar-refractivity contribution in [3.05, 3.63) is 29.8 Å². The molecule has 0 saturated carbocycles. The van der Waals surface area contributed by atoms with Crippen LogP contribution in [0, 0.1) is 5.92 Å². The topological polar surface area (TPSA) is 214 Å². The molecule has 0 radical (unpaired) electrons. The van der Waals surface area contributed by atoms with Gasteiger partial charge in [0.05, 0.1) is 6.04 Å². The highest BCUT2D eigenvalue weighted by atomic mass is 32.2. The van der Waals surface area contributed by atoms with E-state index >= 15 is 0 Å². The van der Waals surface area contributed by atoms with Crippen LogP contribution in [0.15, 0.2) is 24.3 Å².